The Morgan fingerprint density at radius 2 is 1.71 bits per heavy atom. The van der Waals surface area contributed by atoms with E-state index in [-0.39, 0.29) is 5.56 Å². The van der Waals surface area contributed by atoms with Crippen LogP contribution in [0.3, 0.4) is 0 Å². The Balaban J connectivity index is 2.06. The van der Waals surface area contributed by atoms with Gasteiger partial charge >= 0.3 is 5.97 Å². The van der Waals surface area contributed by atoms with Gasteiger partial charge in [-0.1, -0.05) is 37.3 Å². The van der Waals surface area contributed by atoms with E-state index in [9.17, 15) is 13.8 Å². The normalized spacial score (nSPS) is 12.9. The summed E-state index contributed by atoms with van der Waals surface area (Å²) in [5, 5.41) is 2.67. The average Bonchev–Trinajstić information content (AvgIpc) is 2.61. The van der Waals surface area contributed by atoms with E-state index >= 15 is 0 Å². The molecule has 0 unspecified atom stereocenters. The number of nitrogens with one attached hydrogen (secondary N) is 1. The zero-order valence-electron chi connectivity index (χ0n) is 13.5. The van der Waals surface area contributed by atoms with Gasteiger partial charge in [0.2, 0.25) is 0 Å². The minimum absolute atomic E-state index is 0.219. The van der Waals surface area contributed by atoms with Crippen molar-refractivity contribution < 1.29 is 18.5 Å². The molecule has 1 N–H and O–H groups in total. The second-order valence-corrected chi connectivity index (χ2v) is 6.74. The van der Waals surface area contributed by atoms with Gasteiger partial charge in [0.05, 0.1) is 21.3 Å². The van der Waals surface area contributed by atoms with Crippen LogP contribution in [0.1, 0.15) is 24.2 Å². The van der Waals surface area contributed by atoms with E-state index in [0.717, 1.165) is 0 Å². The minimum Gasteiger partial charge on any atom is -0.449 e. The lowest BCUT2D eigenvalue weighted by atomic mass is 10.2. The molecule has 0 bridgehead atoms. The van der Waals surface area contributed by atoms with Crippen LogP contribution in [0.4, 0.5) is 5.69 Å². The van der Waals surface area contributed by atoms with Crippen molar-refractivity contribution in [2.24, 2.45) is 0 Å². The van der Waals surface area contributed by atoms with Crippen LogP contribution < -0.4 is 5.32 Å². The molecule has 0 spiro atoms. The number of benzene rings is 2. The molecule has 2 atom stereocenters. The molecule has 0 saturated carbocycles. The van der Waals surface area contributed by atoms with Crippen LogP contribution >= 0.6 is 0 Å². The Morgan fingerprint density at radius 1 is 1.08 bits per heavy atom. The minimum atomic E-state index is -1.28. The zero-order valence-corrected chi connectivity index (χ0v) is 14.3. The first kappa shape index (κ1) is 17.9. The van der Waals surface area contributed by atoms with Crippen LogP contribution in [0.15, 0.2) is 59.5 Å². The molecule has 24 heavy (non-hydrogen) atoms. The second kappa shape index (κ2) is 8.40. The van der Waals surface area contributed by atoms with E-state index in [0.29, 0.717) is 16.3 Å². The number of ether oxygens (including phenoxy) is 1. The lowest BCUT2D eigenvalue weighted by molar-refractivity contribution is -0.123. The van der Waals surface area contributed by atoms with Gasteiger partial charge in [0.15, 0.2) is 6.10 Å². The van der Waals surface area contributed by atoms with Gasteiger partial charge in [-0.25, -0.2) is 4.79 Å². The van der Waals surface area contributed by atoms with Crippen molar-refractivity contribution in [3.63, 3.8) is 0 Å². The molecule has 6 heteroatoms. The smallest absolute Gasteiger partial charge is 0.340 e. The summed E-state index contributed by atoms with van der Waals surface area (Å²) in [7, 11) is -1.28. The molecule has 2 rings (SSSR count). The summed E-state index contributed by atoms with van der Waals surface area (Å²) in [4.78, 5) is 24.8. The number of esters is 1. The van der Waals surface area contributed by atoms with Crippen molar-refractivity contribution in [2.45, 2.75) is 24.8 Å². The number of hydrogen-bond acceptors (Lipinski definition) is 4. The second-order valence-electron chi connectivity index (χ2n) is 5.03. The van der Waals surface area contributed by atoms with Gasteiger partial charge in [0.1, 0.15) is 0 Å². The molecule has 5 nitrogen and oxygen atoms in total. The summed E-state index contributed by atoms with van der Waals surface area (Å²) in [5.74, 6) is -0.694. The molecule has 0 saturated heterocycles. The molecule has 1 amide bonds. The van der Waals surface area contributed by atoms with E-state index in [4.69, 9.17) is 4.74 Å². The lowest BCUT2D eigenvalue weighted by Crippen LogP contribution is -2.30. The molecule has 0 heterocycles. The van der Waals surface area contributed by atoms with Crippen LogP contribution in [0.2, 0.25) is 0 Å². The van der Waals surface area contributed by atoms with Crippen molar-refractivity contribution in [3.8, 4) is 0 Å². The van der Waals surface area contributed by atoms with Crippen LogP contribution in [-0.2, 0) is 20.3 Å². The van der Waals surface area contributed by atoms with E-state index in [1.807, 2.05) is 6.07 Å². The maximum Gasteiger partial charge on any atom is 0.340 e. The fourth-order valence-electron chi connectivity index (χ4n) is 2.03. The summed E-state index contributed by atoms with van der Waals surface area (Å²) < 4.78 is 17.2. The van der Waals surface area contributed by atoms with Gasteiger partial charge in [0, 0.05) is 11.4 Å². The number of hydrogen-bond donors (Lipinski definition) is 1. The summed E-state index contributed by atoms with van der Waals surface area (Å²) in [6.45, 7) is 3.27. The maximum atomic E-state index is 12.3. The first-order valence-electron chi connectivity index (χ1n) is 7.57. The topological polar surface area (TPSA) is 72.5 Å². The molecular weight excluding hydrogens is 326 g/mol. The SMILES string of the molecule is CC[S@](=O)c1ccccc1C(=O)O[C@@H](C)C(=O)Nc1ccccc1. The Bertz CT molecular complexity index is 746. The molecule has 0 radical (unpaired) electrons. The van der Waals surface area contributed by atoms with Gasteiger partial charge in [-0.2, -0.15) is 0 Å². The third-order valence-corrected chi connectivity index (χ3v) is 4.68. The highest BCUT2D eigenvalue weighted by Gasteiger charge is 2.22. The Kier molecular flexibility index (Phi) is 6.26. The monoisotopic (exact) mass is 345 g/mol. The highest BCUT2D eigenvalue weighted by molar-refractivity contribution is 7.85. The van der Waals surface area contributed by atoms with Crippen molar-refractivity contribution in [2.75, 3.05) is 11.1 Å². The van der Waals surface area contributed by atoms with E-state index < -0.39 is 28.8 Å². The Morgan fingerprint density at radius 3 is 2.38 bits per heavy atom. The van der Waals surface area contributed by atoms with Crippen LogP contribution in [0, 0.1) is 0 Å². The Hall–Kier alpha value is -2.47. The number of carbonyl (C=O) groups is 2. The molecule has 126 valence electrons. The van der Waals surface area contributed by atoms with Gasteiger partial charge < -0.3 is 10.1 Å². The fraction of sp³-hybridized carbons (Fsp3) is 0.222. The summed E-state index contributed by atoms with van der Waals surface area (Å²) >= 11 is 0. The van der Waals surface area contributed by atoms with Crippen LogP contribution in [0.25, 0.3) is 0 Å². The Labute approximate surface area is 143 Å². The number of carbonyl (C=O) groups excluding carboxylic acids is 2. The average molecular weight is 345 g/mol. The van der Waals surface area contributed by atoms with Gasteiger partial charge in [0.25, 0.3) is 5.91 Å². The maximum absolute atomic E-state index is 12.3. The van der Waals surface area contributed by atoms with Crippen LogP contribution in [0.5, 0.6) is 0 Å². The summed E-state index contributed by atoms with van der Waals surface area (Å²) in [6.07, 6.45) is -0.971. The van der Waals surface area contributed by atoms with Gasteiger partial charge in [-0.3, -0.25) is 9.00 Å². The highest BCUT2D eigenvalue weighted by Crippen LogP contribution is 2.16. The van der Waals surface area contributed by atoms with E-state index in [1.165, 1.54) is 6.92 Å². The lowest BCUT2D eigenvalue weighted by Gasteiger charge is -2.14. The number of amides is 1. The quantitative estimate of drug-likeness (QED) is 0.817. The summed E-state index contributed by atoms with van der Waals surface area (Å²) in [5.41, 5.74) is 0.843. The van der Waals surface area contributed by atoms with E-state index in [2.05, 4.69) is 5.32 Å². The van der Waals surface area contributed by atoms with Gasteiger partial charge in [-0.05, 0) is 31.2 Å². The first-order valence-corrected chi connectivity index (χ1v) is 8.89. The molecule has 0 aliphatic heterocycles. The summed E-state index contributed by atoms with van der Waals surface area (Å²) in [6, 6.07) is 15.5. The molecule has 0 fully saturated rings. The highest BCUT2D eigenvalue weighted by atomic mass is 32.2. The van der Waals surface area contributed by atoms with Crippen LogP contribution in [-0.4, -0.2) is 27.9 Å². The van der Waals surface area contributed by atoms with E-state index in [1.54, 1.807) is 55.5 Å². The third-order valence-electron chi connectivity index (χ3n) is 3.31. The fourth-order valence-corrected chi connectivity index (χ4v) is 2.97. The predicted molar refractivity (Wildman–Crippen MR) is 93.3 cm³/mol. The number of anilines is 1. The first-order chi connectivity index (χ1) is 11.5. The number of rotatable bonds is 6. The van der Waals surface area contributed by atoms with Gasteiger partial charge in [-0.15, -0.1) is 0 Å². The molecule has 2 aromatic carbocycles. The van der Waals surface area contributed by atoms with Crippen molar-refractivity contribution >= 4 is 28.4 Å². The zero-order chi connectivity index (χ0) is 17.5. The molecule has 2 aromatic rings. The van der Waals surface area contributed by atoms with Crippen molar-refractivity contribution in [3.05, 3.63) is 60.2 Å². The third kappa shape index (κ3) is 4.52. The molecule has 0 aliphatic rings. The van der Waals surface area contributed by atoms with Crippen molar-refractivity contribution in [1.82, 2.24) is 0 Å². The number of para-hydroxylation sites is 1. The van der Waals surface area contributed by atoms with Crippen molar-refractivity contribution in [1.29, 1.82) is 0 Å². The largest absolute Gasteiger partial charge is 0.449 e. The predicted octanol–water partition coefficient (Wildman–Crippen LogP) is 3.00. The molecule has 0 aliphatic carbocycles. The molecule has 0 aromatic heterocycles. The molecular formula is C18H19NO4S. The standard InChI is InChI=1S/C18H19NO4S/c1-3-24(22)16-12-8-7-11-15(16)18(21)23-13(2)17(20)19-14-9-5-4-6-10-14/h4-13H,3H2,1-2H3,(H,19,20)/t13-,24-/m0/s1.